The fourth-order valence-corrected chi connectivity index (χ4v) is 1.16. The first kappa shape index (κ1) is 14.4. The summed E-state index contributed by atoms with van der Waals surface area (Å²) in [6, 6.07) is 14.2. The Morgan fingerprint density at radius 2 is 1.25 bits per heavy atom. The minimum atomic E-state index is 1.16. The van der Waals surface area contributed by atoms with Crippen molar-refractivity contribution in [3.8, 4) is 11.1 Å². The Labute approximate surface area is 99.2 Å². The Morgan fingerprint density at radius 1 is 0.688 bits per heavy atom. The fraction of sp³-hybridized carbons (Fsp3) is 0.267. The lowest BCUT2D eigenvalue weighted by Gasteiger charge is -1.97. The third kappa shape index (κ3) is 4.74. The van der Waals surface area contributed by atoms with Gasteiger partial charge in [0.1, 0.15) is 0 Å². The highest BCUT2D eigenvalue weighted by molar-refractivity contribution is 5.61. The van der Waals surface area contributed by atoms with Gasteiger partial charge in [0, 0.05) is 12.4 Å². The van der Waals surface area contributed by atoms with Crippen molar-refractivity contribution in [3.05, 3.63) is 54.9 Å². The van der Waals surface area contributed by atoms with Gasteiger partial charge < -0.3 is 0 Å². The molecule has 0 aliphatic carbocycles. The maximum absolute atomic E-state index is 4.06. The molecule has 0 aliphatic heterocycles. The van der Waals surface area contributed by atoms with E-state index in [0.29, 0.717) is 0 Å². The summed E-state index contributed by atoms with van der Waals surface area (Å²) in [6.45, 7) is 8.00. The number of nitrogens with zero attached hydrogens (tertiary/aromatic N) is 1. The van der Waals surface area contributed by atoms with Gasteiger partial charge in [-0.15, -0.1) is 0 Å². The quantitative estimate of drug-likeness (QED) is 0.665. The SMILES string of the molecule is CC.CC.c1ccc(-c2cccnc2)cc1. The van der Waals surface area contributed by atoms with Gasteiger partial charge in [0.05, 0.1) is 0 Å². The zero-order chi connectivity index (χ0) is 12.2. The standard InChI is InChI=1S/C11H9N.2C2H6/c1-2-5-10(6-3-1)11-7-4-8-12-9-11;2*1-2/h1-9H;2*1-2H3. The molecule has 0 fully saturated rings. The highest BCUT2D eigenvalue weighted by Crippen LogP contribution is 2.16. The summed E-state index contributed by atoms with van der Waals surface area (Å²) in [5.74, 6) is 0. The van der Waals surface area contributed by atoms with Gasteiger partial charge in [-0.25, -0.2) is 0 Å². The van der Waals surface area contributed by atoms with E-state index in [4.69, 9.17) is 0 Å². The Balaban J connectivity index is 0.000000509. The monoisotopic (exact) mass is 215 g/mol. The summed E-state index contributed by atoms with van der Waals surface area (Å²) in [5.41, 5.74) is 2.38. The second-order valence-electron chi connectivity index (χ2n) is 2.61. The van der Waals surface area contributed by atoms with E-state index in [1.807, 2.05) is 58.2 Å². The van der Waals surface area contributed by atoms with Gasteiger partial charge in [-0.05, 0) is 17.2 Å². The van der Waals surface area contributed by atoms with Gasteiger partial charge >= 0.3 is 0 Å². The van der Waals surface area contributed by atoms with E-state index in [1.165, 1.54) is 5.56 Å². The van der Waals surface area contributed by atoms with E-state index in [0.717, 1.165) is 5.56 Å². The Morgan fingerprint density at radius 3 is 1.75 bits per heavy atom. The molecule has 0 bridgehead atoms. The molecule has 0 unspecified atom stereocenters. The van der Waals surface area contributed by atoms with Crippen molar-refractivity contribution in [3.63, 3.8) is 0 Å². The van der Waals surface area contributed by atoms with Crippen molar-refractivity contribution in [1.82, 2.24) is 4.98 Å². The first-order valence-electron chi connectivity index (χ1n) is 5.92. The summed E-state index contributed by atoms with van der Waals surface area (Å²) in [5, 5.41) is 0. The molecule has 0 amide bonds. The van der Waals surface area contributed by atoms with Crippen molar-refractivity contribution in [2.24, 2.45) is 0 Å². The van der Waals surface area contributed by atoms with Crippen molar-refractivity contribution in [1.29, 1.82) is 0 Å². The molecule has 2 aromatic rings. The van der Waals surface area contributed by atoms with Gasteiger partial charge in [0.2, 0.25) is 0 Å². The third-order valence-electron chi connectivity index (χ3n) is 1.77. The molecule has 1 heteroatoms. The van der Waals surface area contributed by atoms with Crippen molar-refractivity contribution in [2.75, 3.05) is 0 Å². The van der Waals surface area contributed by atoms with Crippen LogP contribution in [0.5, 0.6) is 0 Å². The molecule has 1 heterocycles. The summed E-state index contributed by atoms with van der Waals surface area (Å²) in [6.07, 6.45) is 3.65. The molecule has 0 atom stereocenters. The smallest absolute Gasteiger partial charge is 0.0346 e. The highest BCUT2D eigenvalue weighted by Gasteiger charge is 1.92. The van der Waals surface area contributed by atoms with Gasteiger partial charge in [-0.1, -0.05) is 64.1 Å². The minimum Gasteiger partial charge on any atom is -0.264 e. The molecule has 0 aliphatic rings. The number of hydrogen-bond donors (Lipinski definition) is 0. The van der Waals surface area contributed by atoms with Crippen LogP contribution in [0.2, 0.25) is 0 Å². The largest absolute Gasteiger partial charge is 0.264 e. The molecule has 86 valence electrons. The lowest BCUT2D eigenvalue weighted by atomic mass is 10.1. The lowest BCUT2D eigenvalue weighted by Crippen LogP contribution is -1.76. The van der Waals surface area contributed by atoms with Crippen LogP contribution < -0.4 is 0 Å². The topological polar surface area (TPSA) is 12.9 Å². The molecule has 0 radical (unpaired) electrons. The van der Waals surface area contributed by atoms with Crippen LogP contribution in [0.15, 0.2) is 54.9 Å². The number of aromatic nitrogens is 1. The summed E-state index contributed by atoms with van der Waals surface area (Å²) < 4.78 is 0. The number of pyridine rings is 1. The van der Waals surface area contributed by atoms with Crippen molar-refractivity contribution >= 4 is 0 Å². The summed E-state index contributed by atoms with van der Waals surface area (Å²) in [4.78, 5) is 4.06. The maximum Gasteiger partial charge on any atom is 0.0346 e. The zero-order valence-corrected chi connectivity index (χ0v) is 10.6. The minimum absolute atomic E-state index is 1.16. The average Bonchev–Trinajstić information content (AvgIpc) is 2.45. The fourth-order valence-electron chi connectivity index (χ4n) is 1.16. The first-order valence-corrected chi connectivity index (χ1v) is 5.92. The molecular formula is C15H21N. The van der Waals surface area contributed by atoms with Crippen LogP contribution in [-0.4, -0.2) is 4.98 Å². The lowest BCUT2D eigenvalue weighted by molar-refractivity contribution is 1.33. The van der Waals surface area contributed by atoms with Gasteiger partial charge in [0.15, 0.2) is 0 Å². The van der Waals surface area contributed by atoms with E-state index < -0.39 is 0 Å². The Hall–Kier alpha value is -1.63. The van der Waals surface area contributed by atoms with Crippen LogP contribution >= 0.6 is 0 Å². The van der Waals surface area contributed by atoms with E-state index in [1.54, 1.807) is 6.20 Å². The zero-order valence-electron chi connectivity index (χ0n) is 10.6. The maximum atomic E-state index is 4.06. The van der Waals surface area contributed by atoms with Crippen LogP contribution in [0, 0.1) is 0 Å². The summed E-state index contributed by atoms with van der Waals surface area (Å²) >= 11 is 0. The number of hydrogen-bond acceptors (Lipinski definition) is 1. The second kappa shape index (κ2) is 9.91. The number of benzene rings is 1. The number of rotatable bonds is 1. The van der Waals surface area contributed by atoms with Gasteiger partial charge in [-0.3, -0.25) is 4.98 Å². The van der Waals surface area contributed by atoms with E-state index in [-0.39, 0.29) is 0 Å². The van der Waals surface area contributed by atoms with Crippen LogP contribution in [0.25, 0.3) is 11.1 Å². The normalized spacial score (nSPS) is 8.00. The molecule has 16 heavy (non-hydrogen) atoms. The molecule has 1 aromatic heterocycles. The first-order chi connectivity index (χ1) is 7.97. The van der Waals surface area contributed by atoms with Crippen LogP contribution in [0.3, 0.4) is 0 Å². The predicted octanol–water partition coefficient (Wildman–Crippen LogP) is 4.80. The summed E-state index contributed by atoms with van der Waals surface area (Å²) in [7, 11) is 0. The van der Waals surface area contributed by atoms with E-state index in [9.17, 15) is 0 Å². The molecule has 0 saturated carbocycles. The Bertz CT molecular complexity index is 303. The average molecular weight is 215 g/mol. The van der Waals surface area contributed by atoms with Crippen LogP contribution in [-0.2, 0) is 0 Å². The molecular weight excluding hydrogens is 194 g/mol. The Kier molecular flexibility index (Phi) is 8.90. The van der Waals surface area contributed by atoms with Crippen LogP contribution in [0.1, 0.15) is 27.7 Å². The molecule has 2 rings (SSSR count). The van der Waals surface area contributed by atoms with E-state index in [2.05, 4.69) is 23.2 Å². The van der Waals surface area contributed by atoms with Gasteiger partial charge in [0.25, 0.3) is 0 Å². The van der Waals surface area contributed by atoms with Crippen LogP contribution in [0.4, 0.5) is 0 Å². The highest BCUT2D eigenvalue weighted by atomic mass is 14.6. The molecule has 0 N–H and O–H groups in total. The predicted molar refractivity (Wildman–Crippen MR) is 72.4 cm³/mol. The van der Waals surface area contributed by atoms with Crippen molar-refractivity contribution in [2.45, 2.75) is 27.7 Å². The third-order valence-corrected chi connectivity index (χ3v) is 1.77. The molecule has 1 nitrogen and oxygen atoms in total. The van der Waals surface area contributed by atoms with E-state index >= 15 is 0 Å². The second-order valence-corrected chi connectivity index (χ2v) is 2.61. The molecule has 0 saturated heterocycles. The molecule has 1 aromatic carbocycles. The van der Waals surface area contributed by atoms with Gasteiger partial charge in [-0.2, -0.15) is 0 Å². The van der Waals surface area contributed by atoms with Crippen molar-refractivity contribution < 1.29 is 0 Å². The molecule has 0 spiro atoms.